The highest BCUT2D eigenvalue weighted by Crippen LogP contribution is 2.20. The molecule has 1 saturated heterocycles. The monoisotopic (exact) mass is 265 g/mol. The van der Waals surface area contributed by atoms with Gasteiger partial charge in [-0.05, 0) is 32.3 Å². The first kappa shape index (κ1) is 13.7. The summed E-state index contributed by atoms with van der Waals surface area (Å²) >= 11 is 0. The van der Waals surface area contributed by atoms with Crippen LogP contribution in [0.4, 0.5) is 0 Å². The van der Waals surface area contributed by atoms with E-state index in [1.54, 1.807) is 25.8 Å². The summed E-state index contributed by atoms with van der Waals surface area (Å²) in [5.74, 6) is -0.292. The predicted octanol–water partition coefficient (Wildman–Crippen LogP) is -0.00596. The Morgan fingerprint density at radius 2 is 2.16 bits per heavy atom. The van der Waals surface area contributed by atoms with Gasteiger partial charge in [-0.3, -0.25) is 9.59 Å². The first-order valence-electron chi connectivity index (χ1n) is 6.43. The van der Waals surface area contributed by atoms with Gasteiger partial charge in [-0.25, -0.2) is 4.68 Å². The molecule has 1 aromatic heterocycles. The molecule has 1 atom stereocenters. The van der Waals surface area contributed by atoms with E-state index >= 15 is 0 Å². The largest absolute Gasteiger partial charge is 0.394 e. The fraction of sp³-hybridized carbons (Fsp3) is 0.615. The molecule has 6 heteroatoms. The molecule has 0 radical (unpaired) electrons. The van der Waals surface area contributed by atoms with Crippen LogP contribution in [0.1, 0.15) is 34.5 Å². The van der Waals surface area contributed by atoms with Crippen LogP contribution in [0.2, 0.25) is 0 Å². The van der Waals surface area contributed by atoms with Gasteiger partial charge in [0, 0.05) is 13.6 Å². The smallest absolute Gasteiger partial charge is 0.279 e. The van der Waals surface area contributed by atoms with Gasteiger partial charge in [-0.2, -0.15) is 5.10 Å². The number of carbonyl (C=O) groups excluding carboxylic acids is 1. The number of aromatic nitrogens is 2. The average molecular weight is 265 g/mol. The second-order valence-corrected chi connectivity index (χ2v) is 4.99. The van der Waals surface area contributed by atoms with Crippen LogP contribution in [-0.2, 0) is 7.05 Å². The molecule has 0 aromatic carbocycles. The van der Waals surface area contributed by atoms with Crippen molar-refractivity contribution in [1.29, 1.82) is 0 Å². The molecule has 1 fully saturated rings. The lowest BCUT2D eigenvalue weighted by atomic mass is 10.1. The molecule has 1 N–H and O–H groups in total. The lowest BCUT2D eigenvalue weighted by Gasteiger charge is -2.23. The van der Waals surface area contributed by atoms with Crippen LogP contribution in [0, 0.1) is 13.8 Å². The van der Waals surface area contributed by atoms with E-state index in [2.05, 4.69) is 5.10 Å². The molecule has 2 heterocycles. The van der Waals surface area contributed by atoms with Crippen LogP contribution in [0.3, 0.4) is 0 Å². The van der Waals surface area contributed by atoms with Crippen LogP contribution < -0.4 is 5.56 Å². The maximum absolute atomic E-state index is 12.5. The van der Waals surface area contributed by atoms with Crippen molar-refractivity contribution in [1.82, 2.24) is 14.7 Å². The van der Waals surface area contributed by atoms with Crippen molar-refractivity contribution in [3.05, 3.63) is 27.2 Å². The van der Waals surface area contributed by atoms with E-state index in [0.717, 1.165) is 12.8 Å². The van der Waals surface area contributed by atoms with Gasteiger partial charge >= 0.3 is 0 Å². The fourth-order valence-electron chi connectivity index (χ4n) is 2.54. The minimum Gasteiger partial charge on any atom is -0.394 e. The number of rotatable bonds is 2. The highest BCUT2D eigenvalue weighted by Gasteiger charge is 2.31. The van der Waals surface area contributed by atoms with Crippen LogP contribution >= 0.6 is 0 Å². The molecule has 0 bridgehead atoms. The van der Waals surface area contributed by atoms with Gasteiger partial charge in [0.2, 0.25) is 0 Å². The van der Waals surface area contributed by atoms with E-state index in [1.807, 2.05) is 0 Å². The molecule has 1 aliphatic rings. The van der Waals surface area contributed by atoms with Gasteiger partial charge < -0.3 is 10.0 Å². The number of aliphatic hydroxyl groups excluding tert-OH is 1. The van der Waals surface area contributed by atoms with E-state index < -0.39 is 0 Å². The summed E-state index contributed by atoms with van der Waals surface area (Å²) in [4.78, 5) is 26.3. The summed E-state index contributed by atoms with van der Waals surface area (Å²) in [6.45, 7) is 4.04. The number of nitrogens with zero attached hydrogens (tertiary/aromatic N) is 3. The van der Waals surface area contributed by atoms with Crippen molar-refractivity contribution in [2.75, 3.05) is 13.2 Å². The molecule has 6 nitrogen and oxygen atoms in total. The average Bonchev–Trinajstić information content (AvgIpc) is 2.84. The summed E-state index contributed by atoms with van der Waals surface area (Å²) in [5, 5.41) is 13.4. The number of carbonyl (C=O) groups is 1. The van der Waals surface area contributed by atoms with E-state index in [-0.39, 0.29) is 29.7 Å². The van der Waals surface area contributed by atoms with Crippen molar-refractivity contribution in [2.24, 2.45) is 7.05 Å². The molecule has 19 heavy (non-hydrogen) atoms. The maximum Gasteiger partial charge on any atom is 0.279 e. The second kappa shape index (κ2) is 5.13. The van der Waals surface area contributed by atoms with Crippen molar-refractivity contribution in [2.45, 2.75) is 32.7 Å². The quantitative estimate of drug-likeness (QED) is 0.816. The number of amides is 1. The third-order valence-corrected chi connectivity index (χ3v) is 3.79. The first-order valence-corrected chi connectivity index (χ1v) is 6.43. The topological polar surface area (TPSA) is 75.4 Å². The number of hydrogen-bond donors (Lipinski definition) is 1. The molecular formula is C13H19N3O3. The van der Waals surface area contributed by atoms with Crippen molar-refractivity contribution in [3.8, 4) is 0 Å². The Balaban J connectivity index is 2.47. The molecule has 0 saturated carbocycles. The van der Waals surface area contributed by atoms with Gasteiger partial charge in [0.15, 0.2) is 0 Å². The Labute approximate surface area is 111 Å². The minimum absolute atomic E-state index is 0.0603. The number of hydrogen-bond acceptors (Lipinski definition) is 4. The van der Waals surface area contributed by atoms with Crippen LogP contribution in [0.25, 0.3) is 0 Å². The highest BCUT2D eigenvalue weighted by molar-refractivity contribution is 5.95. The van der Waals surface area contributed by atoms with Crippen LogP contribution in [0.15, 0.2) is 4.79 Å². The molecule has 2 rings (SSSR count). The van der Waals surface area contributed by atoms with E-state index in [0.29, 0.717) is 17.8 Å². The standard InChI is InChI=1S/C13H19N3O3/c1-8-9(2)14-15(3)12(18)11(8)13(19)16-6-4-5-10(16)7-17/h10,17H,4-7H2,1-3H3. The Bertz CT molecular complexity index is 565. The molecule has 1 aromatic rings. The summed E-state index contributed by atoms with van der Waals surface area (Å²) in [6.07, 6.45) is 1.64. The maximum atomic E-state index is 12.5. The Morgan fingerprint density at radius 3 is 2.79 bits per heavy atom. The molecule has 1 aliphatic heterocycles. The third-order valence-electron chi connectivity index (χ3n) is 3.79. The third kappa shape index (κ3) is 2.28. The molecule has 0 spiro atoms. The van der Waals surface area contributed by atoms with Crippen LogP contribution in [0.5, 0.6) is 0 Å². The van der Waals surface area contributed by atoms with E-state index in [4.69, 9.17) is 0 Å². The van der Waals surface area contributed by atoms with Gasteiger partial charge in [0.25, 0.3) is 11.5 Å². The number of aryl methyl sites for hydroxylation is 2. The number of aliphatic hydroxyl groups is 1. The lowest BCUT2D eigenvalue weighted by molar-refractivity contribution is 0.0674. The van der Waals surface area contributed by atoms with Crippen molar-refractivity contribution in [3.63, 3.8) is 0 Å². The molecule has 0 aliphatic carbocycles. The fourth-order valence-corrected chi connectivity index (χ4v) is 2.54. The Morgan fingerprint density at radius 1 is 1.47 bits per heavy atom. The summed E-state index contributed by atoms with van der Waals surface area (Å²) in [5.41, 5.74) is 1.09. The van der Waals surface area contributed by atoms with Gasteiger partial charge in [-0.15, -0.1) is 0 Å². The molecule has 1 unspecified atom stereocenters. The number of likely N-dealkylation sites (tertiary alicyclic amines) is 1. The SMILES string of the molecule is Cc1nn(C)c(=O)c(C(=O)N2CCCC2CO)c1C. The molecule has 1 amide bonds. The first-order chi connectivity index (χ1) is 8.97. The van der Waals surface area contributed by atoms with Crippen molar-refractivity contribution < 1.29 is 9.90 Å². The zero-order chi connectivity index (χ0) is 14.2. The zero-order valence-electron chi connectivity index (χ0n) is 11.5. The normalized spacial score (nSPS) is 18.9. The Hall–Kier alpha value is -1.69. The van der Waals surface area contributed by atoms with Gasteiger partial charge in [0.1, 0.15) is 5.56 Å². The predicted molar refractivity (Wildman–Crippen MR) is 70.1 cm³/mol. The lowest BCUT2D eigenvalue weighted by Crippen LogP contribution is -2.42. The second-order valence-electron chi connectivity index (χ2n) is 4.99. The van der Waals surface area contributed by atoms with E-state index in [1.165, 1.54) is 4.68 Å². The van der Waals surface area contributed by atoms with Crippen molar-refractivity contribution >= 4 is 5.91 Å². The zero-order valence-corrected chi connectivity index (χ0v) is 11.5. The summed E-state index contributed by atoms with van der Waals surface area (Å²) in [7, 11) is 1.54. The van der Waals surface area contributed by atoms with E-state index in [9.17, 15) is 14.7 Å². The summed E-state index contributed by atoms with van der Waals surface area (Å²) in [6, 6.07) is -0.176. The minimum atomic E-state index is -0.378. The molecular weight excluding hydrogens is 246 g/mol. The summed E-state index contributed by atoms with van der Waals surface area (Å²) < 4.78 is 1.19. The van der Waals surface area contributed by atoms with Crippen LogP contribution in [-0.4, -0.2) is 44.9 Å². The van der Waals surface area contributed by atoms with Gasteiger partial charge in [0.05, 0.1) is 18.3 Å². The highest BCUT2D eigenvalue weighted by atomic mass is 16.3. The van der Waals surface area contributed by atoms with Gasteiger partial charge in [-0.1, -0.05) is 0 Å². The Kier molecular flexibility index (Phi) is 3.71. The molecule has 104 valence electrons.